The molecule has 4 nitrogen and oxygen atoms in total. The Hall–Kier alpha value is -1.98. The fraction of sp³-hybridized carbons (Fsp3) is 0.176. The van der Waals surface area contributed by atoms with Crippen molar-refractivity contribution in [3.05, 3.63) is 58.6 Å². The summed E-state index contributed by atoms with van der Waals surface area (Å²) in [5.74, 6) is 0.912. The lowest BCUT2D eigenvalue weighted by molar-refractivity contribution is -0.118. The molecule has 23 heavy (non-hydrogen) atoms. The summed E-state index contributed by atoms with van der Waals surface area (Å²) in [5, 5.41) is 4.64. The molecule has 2 aromatic carbocycles. The lowest BCUT2D eigenvalue weighted by Crippen LogP contribution is -2.19. The lowest BCUT2D eigenvalue weighted by atomic mass is 10.1. The third-order valence-electron chi connectivity index (χ3n) is 3.02. The van der Waals surface area contributed by atoms with Crippen molar-refractivity contribution in [1.82, 2.24) is 5.43 Å². The largest absolute Gasteiger partial charge is 0.496 e. The number of methoxy groups -OCH3 is 1. The van der Waals surface area contributed by atoms with Crippen LogP contribution in [0.3, 0.4) is 0 Å². The van der Waals surface area contributed by atoms with Gasteiger partial charge in [0.25, 0.3) is 0 Å². The predicted molar refractivity (Wildman–Crippen MR) is 95.6 cm³/mol. The van der Waals surface area contributed by atoms with E-state index < -0.39 is 0 Å². The highest BCUT2D eigenvalue weighted by molar-refractivity contribution is 8.00. The Bertz CT molecular complexity index is 702. The maximum atomic E-state index is 11.8. The molecule has 0 aliphatic carbocycles. The second-order valence-corrected chi connectivity index (χ2v) is 6.25. The van der Waals surface area contributed by atoms with E-state index in [0.29, 0.717) is 5.02 Å². The monoisotopic (exact) mass is 348 g/mol. The zero-order valence-electron chi connectivity index (χ0n) is 12.9. The van der Waals surface area contributed by atoms with E-state index in [1.165, 1.54) is 11.8 Å². The molecule has 120 valence electrons. The van der Waals surface area contributed by atoms with Crippen LogP contribution in [0.25, 0.3) is 0 Å². The molecule has 0 atom stereocenters. The highest BCUT2D eigenvalue weighted by Gasteiger charge is 2.02. The molecule has 0 aliphatic rings. The summed E-state index contributed by atoms with van der Waals surface area (Å²) in [6.07, 6.45) is 1.59. The van der Waals surface area contributed by atoms with Crippen LogP contribution in [0, 0.1) is 6.92 Å². The number of carbonyl (C=O) groups excluding carboxylic acids is 1. The first kappa shape index (κ1) is 17.4. The number of aryl methyl sites for hydroxylation is 1. The number of thioether (sulfide) groups is 1. The minimum absolute atomic E-state index is 0.166. The van der Waals surface area contributed by atoms with Gasteiger partial charge in [-0.2, -0.15) is 5.10 Å². The molecule has 0 aromatic heterocycles. The first-order valence-corrected chi connectivity index (χ1v) is 8.30. The molecule has 0 saturated heterocycles. The van der Waals surface area contributed by atoms with Gasteiger partial charge in [-0.3, -0.25) is 4.79 Å². The van der Waals surface area contributed by atoms with Crippen molar-refractivity contribution in [3.63, 3.8) is 0 Å². The molecule has 1 amide bonds. The smallest absolute Gasteiger partial charge is 0.250 e. The molecule has 0 heterocycles. The third-order valence-corrected chi connectivity index (χ3v) is 4.28. The summed E-state index contributed by atoms with van der Waals surface area (Å²) in [4.78, 5) is 12.7. The highest BCUT2D eigenvalue weighted by atomic mass is 35.5. The molecule has 0 saturated carbocycles. The van der Waals surface area contributed by atoms with E-state index in [1.54, 1.807) is 25.5 Å². The maximum Gasteiger partial charge on any atom is 0.250 e. The van der Waals surface area contributed by atoms with Crippen LogP contribution < -0.4 is 10.2 Å². The molecule has 0 spiro atoms. The van der Waals surface area contributed by atoms with Gasteiger partial charge in [0, 0.05) is 9.92 Å². The third kappa shape index (κ3) is 5.62. The van der Waals surface area contributed by atoms with E-state index in [9.17, 15) is 4.79 Å². The first-order valence-electron chi connectivity index (χ1n) is 6.93. The van der Waals surface area contributed by atoms with Gasteiger partial charge < -0.3 is 4.74 Å². The summed E-state index contributed by atoms with van der Waals surface area (Å²) in [6, 6.07) is 13.1. The fourth-order valence-corrected chi connectivity index (χ4v) is 2.62. The number of ether oxygens (including phenoxy) is 1. The summed E-state index contributed by atoms with van der Waals surface area (Å²) in [5.41, 5.74) is 4.42. The van der Waals surface area contributed by atoms with Crippen molar-refractivity contribution >= 4 is 35.5 Å². The van der Waals surface area contributed by atoms with Crippen LogP contribution >= 0.6 is 23.4 Å². The van der Waals surface area contributed by atoms with Crippen molar-refractivity contribution in [2.24, 2.45) is 5.10 Å². The van der Waals surface area contributed by atoms with Crippen LogP contribution in [0.5, 0.6) is 5.75 Å². The molecule has 0 unspecified atom stereocenters. The molecule has 0 aliphatic heterocycles. The van der Waals surface area contributed by atoms with Crippen molar-refractivity contribution in [2.45, 2.75) is 11.8 Å². The Labute approximate surface area is 144 Å². The fourth-order valence-electron chi connectivity index (χ4n) is 1.81. The summed E-state index contributed by atoms with van der Waals surface area (Å²) in [7, 11) is 1.62. The van der Waals surface area contributed by atoms with Gasteiger partial charge >= 0.3 is 0 Å². The lowest BCUT2D eigenvalue weighted by Gasteiger charge is -2.04. The van der Waals surface area contributed by atoms with Gasteiger partial charge in [0.15, 0.2) is 0 Å². The normalized spacial score (nSPS) is 10.7. The Morgan fingerprint density at radius 2 is 2.04 bits per heavy atom. The number of hydrogen-bond acceptors (Lipinski definition) is 4. The molecule has 2 aromatic rings. The van der Waals surface area contributed by atoms with Gasteiger partial charge in [0.05, 0.1) is 19.1 Å². The van der Waals surface area contributed by atoms with Crippen LogP contribution in [-0.4, -0.2) is 25.0 Å². The van der Waals surface area contributed by atoms with Crippen molar-refractivity contribution in [1.29, 1.82) is 0 Å². The van der Waals surface area contributed by atoms with Crippen molar-refractivity contribution in [2.75, 3.05) is 12.9 Å². The van der Waals surface area contributed by atoms with E-state index in [2.05, 4.69) is 10.5 Å². The number of carbonyl (C=O) groups is 1. The van der Waals surface area contributed by atoms with Crippen molar-refractivity contribution < 1.29 is 9.53 Å². The van der Waals surface area contributed by atoms with E-state index >= 15 is 0 Å². The van der Waals surface area contributed by atoms with Gasteiger partial charge in [0.1, 0.15) is 5.75 Å². The number of rotatable bonds is 6. The Morgan fingerprint density at radius 1 is 1.30 bits per heavy atom. The minimum atomic E-state index is -0.166. The number of hydrogen-bond donors (Lipinski definition) is 1. The topological polar surface area (TPSA) is 50.7 Å². The molecule has 1 N–H and O–H groups in total. The summed E-state index contributed by atoms with van der Waals surface area (Å²) >= 11 is 7.24. The van der Waals surface area contributed by atoms with Gasteiger partial charge in [0.2, 0.25) is 5.91 Å². The molecule has 0 bridgehead atoms. The zero-order chi connectivity index (χ0) is 16.7. The van der Waals surface area contributed by atoms with E-state index in [4.69, 9.17) is 16.3 Å². The molecular weight excluding hydrogens is 332 g/mol. The minimum Gasteiger partial charge on any atom is -0.496 e. The zero-order valence-corrected chi connectivity index (χ0v) is 14.4. The van der Waals surface area contributed by atoms with E-state index in [0.717, 1.165) is 21.8 Å². The van der Waals surface area contributed by atoms with Crippen LogP contribution in [0.2, 0.25) is 5.02 Å². The second kappa shape index (κ2) is 8.60. The number of nitrogens with zero attached hydrogens (tertiary/aromatic N) is 1. The SMILES string of the molecule is COc1cc(C=NNC(=O)CSc2ccc(Cl)cc2)ccc1C. The van der Waals surface area contributed by atoms with Crippen LogP contribution in [0.15, 0.2) is 52.5 Å². The summed E-state index contributed by atoms with van der Waals surface area (Å²) in [6.45, 7) is 1.97. The standard InChI is InChI=1S/C17H17ClN2O2S/c1-12-3-4-13(9-16(12)22-2)10-19-20-17(21)11-23-15-7-5-14(18)6-8-15/h3-10H,11H2,1-2H3,(H,20,21). The van der Waals surface area contributed by atoms with Gasteiger partial charge in [-0.25, -0.2) is 5.43 Å². The average molecular weight is 349 g/mol. The van der Waals surface area contributed by atoms with Crippen LogP contribution in [-0.2, 0) is 4.79 Å². The van der Waals surface area contributed by atoms with Crippen LogP contribution in [0.4, 0.5) is 0 Å². The Balaban J connectivity index is 1.82. The number of nitrogens with one attached hydrogen (secondary N) is 1. The second-order valence-electron chi connectivity index (χ2n) is 4.76. The van der Waals surface area contributed by atoms with Gasteiger partial charge in [-0.15, -0.1) is 11.8 Å². The molecule has 6 heteroatoms. The quantitative estimate of drug-likeness (QED) is 0.489. The Kier molecular flexibility index (Phi) is 6.50. The van der Waals surface area contributed by atoms with Crippen molar-refractivity contribution in [3.8, 4) is 5.75 Å². The Morgan fingerprint density at radius 3 is 2.74 bits per heavy atom. The number of benzene rings is 2. The molecule has 0 fully saturated rings. The number of amides is 1. The molecule has 0 radical (unpaired) electrons. The van der Waals surface area contributed by atoms with E-state index in [1.807, 2.05) is 37.3 Å². The highest BCUT2D eigenvalue weighted by Crippen LogP contribution is 2.20. The average Bonchev–Trinajstić information content (AvgIpc) is 2.56. The summed E-state index contributed by atoms with van der Waals surface area (Å²) < 4.78 is 5.25. The maximum absolute atomic E-state index is 11.8. The van der Waals surface area contributed by atoms with Gasteiger partial charge in [-0.05, 0) is 48.4 Å². The predicted octanol–water partition coefficient (Wildman–Crippen LogP) is 3.90. The molecule has 2 rings (SSSR count). The number of hydrazone groups is 1. The van der Waals surface area contributed by atoms with Crippen LogP contribution in [0.1, 0.15) is 11.1 Å². The molecular formula is C17H17ClN2O2S. The first-order chi connectivity index (χ1) is 11.1. The van der Waals surface area contributed by atoms with Gasteiger partial charge in [-0.1, -0.05) is 23.7 Å². The van der Waals surface area contributed by atoms with E-state index in [-0.39, 0.29) is 11.7 Å². The number of halogens is 1.